The highest BCUT2D eigenvalue weighted by atomic mass is 16.6. The molecule has 0 heterocycles. The third-order valence-electron chi connectivity index (χ3n) is 2.92. The van der Waals surface area contributed by atoms with Gasteiger partial charge in [0.25, 0.3) is 5.69 Å². The third-order valence-corrected chi connectivity index (χ3v) is 2.92. The van der Waals surface area contributed by atoms with Crippen molar-refractivity contribution in [3.63, 3.8) is 0 Å². The SMILES string of the molecule is CC(C)(C#N)CCCOc1cccc([N+](=O)[O-])c1C(=O)O. The van der Waals surface area contributed by atoms with Crippen molar-refractivity contribution >= 4 is 11.7 Å². The molecule has 21 heavy (non-hydrogen) atoms. The molecule has 112 valence electrons. The van der Waals surface area contributed by atoms with Crippen molar-refractivity contribution in [1.82, 2.24) is 0 Å². The van der Waals surface area contributed by atoms with Crippen LogP contribution in [0, 0.1) is 26.9 Å². The monoisotopic (exact) mass is 292 g/mol. The number of benzene rings is 1. The molecule has 0 unspecified atom stereocenters. The fourth-order valence-electron chi connectivity index (χ4n) is 1.76. The predicted octanol–water partition coefficient (Wildman–Crippen LogP) is 3.00. The van der Waals surface area contributed by atoms with Crippen molar-refractivity contribution in [2.75, 3.05) is 6.61 Å². The lowest BCUT2D eigenvalue weighted by Crippen LogP contribution is -2.11. The van der Waals surface area contributed by atoms with E-state index < -0.39 is 27.6 Å². The van der Waals surface area contributed by atoms with E-state index >= 15 is 0 Å². The van der Waals surface area contributed by atoms with Gasteiger partial charge in [0.05, 0.1) is 23.0 Å². The molecule has 7 nitrogen and oxygen atoms in total. The number of nitrogens with zero attached hydrogens (tertiary/aromatic N) is 2. The van der Waals surface area contributed by atoms with Crippen LogP contribution in [0.25, 0.3) is 0 Å². The number of aromatic carboxylic acids is 1. The highest BCUT2D eigenvalue weighted by Crippen LogP contribution is 2.29. The van der Waals surface area contributed by atoms with Crippen LogP contribution in [0.2, 0.25) is 0 Å². The summed E-state index contributed by atoms with van der Waals surface area (Å²) in [6.45, 7) is 3.78. The first-order valence-corrected chi connectivity index (χ1v) is 6.33. The van der Waals surface area contributed by atoms with E-state index in [0.29, 0.717) is 12.8 Å². The second-order valence-electron chi connectivity index (χ2n) is 5.16. The zero-order chi connectivity index (χ0) is 16.0. The van der Waals surface area contributed by atoms with Crippen LogP contribution in [0.5, 0.6) is 5.75 Å². The van der Waals surface area contributed by atoms with E-state index in [0.717, 1.165) is 6.07 Å². The number of hydrogen-bond acceptors (Lipinski definition) is 5. The Kier molecular flexibility index (Phi) is 5.24. The Morgan fingerprint density at radius 1 is 1.52 bits per heavy atom. The Bertz CT molecular complexity index is 590. The molecule has 0 bridgehead atoms. The normalized spacial score (nSPS) is 10.7. The van der Waals surface area contributed by atoms with Crippen molar-refractivity contribution < 1.29 is 19.6 Å². The van der Waals surface area contributed by atoms with E-state index in [1.165, 1.54) is 12.1 Å². The van der Waals surface area contributed by atoms with Crippen LogP contribution in [-0.2, 0) is 0 Å². The van der Waals surface area contributed by atoms with Gasteiger partial charge in [0.15, 0.2) is 5.56 Å². The van der Waals surface area contributed by atoms with Gasteiger partial charge in [-0.15, -0.1) is 0 Å². The molecule has 1 N–H and O–H groups in total. The van der Waals surface area contributed by atoms with Gasteiger partial charge in [-0.3, -0.25) is 10.1 Å². The first-order valence-electron chi connectivity index (χ1n) is 6.33. The molecule has 7 heteroatoms. The third kappa shape index (κ3) is 4.45. The number of nitro groups is 1. The molecule has 0 aliphatic carbocycles. The maximum atomic E-state index is 11.2. The van der Waals surface area contributed by atoms with Crippen LogP contribution >= 0.6 is 0 Å². The van der Waals surface area contributed by atoms with Gasteiger partial charge in [-0.2, -0.15) is 5.26 Å². The lowest BCUT2D eigenvalue weighted by molar-refractivity contribution is -0.385. The minimum Gasteiger partial charge on any atom is -0.492 e. The highest BCUT2D eigenvalue weighted by molar-refractivity contribution is 5.95. The van der Waals surface area contributed by atoms with Crippen molar-refractivity contribution in [3.05, 3.63) is 33.9 Å². The van der Waals surface area contributed by atoms with Gasteiger partial charge in [-0.25, -0.2) is 4.79 Å². The topological polar surface area (TPSA) is 113 Å². The summed E-state index contributed by atoms with van der Waals surface area (Å²) >= 11 is 0. The van der Waals surface area contributed by atoms with Gasteiger partial charge in [-0.05, 0) is 32.8 Å². The van der Waals surface area contributed by atoms with Crippen LogP contribution in [0.3, 0.4) is 0 Å². The first-order chi connectivity index (χ1) is 9.78. The molecule has 0 amide bonds. The van der Waals surface area contributed by atoms with E-state index in [2.05, 4.69) is 6.07 Å². The van der Waals surface area contributed by atoms with Crippen LogP contribution < -0.4 is 4.74 Å². The largest absolute Gasteiger partial charge is 0.492 e. The molecule has 1 aromatic carbocycles. The maximum absolute atomic E-state index is 11.2. The molecule has 0 saturated heterocycles. The summed E-state index contributed by atoms with van der Waals surface area (Å²) in [7, 11) is 0. The molecule has 1 rings (SSSR count). The lowest BCUT2D eigenvalue weighted by Gasteiger charge is -2.15. The summed E-state index contributed by atoms with van der Waals surface area (Å²) in [4.78, 5) is 21.2. The average Bonchev–Trinajstić information content (AvgIpc) is 2.43. The van der Waals surface area contributed by atoms with Gasteiger partial charge in [0.2, 0.25) is 0 Å². The summed E-state index contributed by atoms with van der Waals surface area (Å²) in [5, 5.41) is 28.8. The number of nitro benzene ring substituents is 1. The fraction of sp³-hybridized carbons (Fsp3) is 0.429. The minimum atomic E-state index is -1.41. The number of carbonyl (C=O) groups is 1. The molecule has 0 aromatic heterocycles. The van der Waals surface area contributed by atoms with Gasteiger partial charge in [0, 0.05) is 6.07 Å². The Morgan fingerprint density at radius 3 is 2.71 bits per heavy atom. The maximum Gasteiger partial charge on any atom is 0.346 e. The van der Waals surface area contributed by atoms with E-state index in [1.807, 2.05) is 0 Å². The summed E-state index contributed by atoms with van der Waals surface area (Å²) in [5.41, 5.74) is -1.44. The second-order valence-corrected chi connectivity index (χ2v) is 5.16. The number of hydrogen-bond donors (Lipinski definition) is 1. The molecule has 0 radical (unpaired) electrons. The molecule has 0 aliphatic rings. The fourth-order valence-corrected chi connectivity index (χ4v) is 1.76. The zero-order valence-corrected chi connectivity index (χ0v) is 11.8. The molecule has 0 saturated carbocycles. The summed E-state index contributed by atoms with van der Waals surface area (Å²) in [5.74, 6) is -1.44. The lowest BCUT2D eigenvalue weighted by atomic mass is 9.90. The highest BCUT2D eigenvalue weighted by Gasteiger charge is 2.24. The Morgan fingerprint density at radius 2 is 2.19 bits per heavy atom. The van der Waals surface area contributed by atoms with Crippen LogP contribution in [0.4, 0.5) is 5.69 Å². The van der Waals surface area contributed by atoms with Crippen LogP contribution in [-0.4, -0.2) is 22.6 Å². The Labute approximate surface area is 121 Å². The number of carboxylic acid groups (broad SMARTS) is 1. The number of carboxylic acids is 1. The predicted molar refractivity (Wildman–Crippen MR) is 74.2 cm³/mol. The standard InChI is InChI=1S/C14H16N2O5/c1-14(2,9-15)7-4-8-21-11-6-3-5-10(16(19)20)12(11)13(17)18/h3,5-6H,4,7-8H2,1-2H3,(H,17,18). The van der Waals surface area contributed by atoms with E-state index in [-0.39, 0.29) is 12.4 Å². The molecular formula is C14H16N2O5. The molecular weight excluding hydrogens is 276 g/mol. The minimum absolute atomic E-state index is 0.0357. The molecule has 0 spiro atoms. The summed E-state index contributed by atoms with van der Waals surface area (Å²) < 4.78 is 5.33. The summed E-state index contributed by atoms with van der Waals surface area (Å²) in [6.07, 6.45) is 1.13. The number of ether oxygens (including phenoxy) is 1. The van der Waals surface area contributed by atoms with E-state index in [1.54, 1.807) is 13.8 Å². The van der Waals surface area contributed by atoms with Crippen molar-refractivity contribution in [2.24, 2.45) is 5.41 Å². The van der Waals surface area contributed by atoms with Crippen LogP contribution in [0.1, 0.15) is 37.0 Å². The van der Waals surface area contributed by atoms with Gasteiger partial charge >= 0.3 is 5.97 Å². The zero-order valence-electron chi connectivity index (χ0n) is 11.8. The number of nitriles is 1. The summed E-state index contributed by atoms with van der Waals surface area (Å²) in [6, 6.07) is 6.03. The smallest absolute Gasteiger partial charge is 0.346 e. The average molecular weight is 292 g/mol. The van der Waals surface area contributed by atoms with Crippen molar-refractivity contribution in [2.45, 2.75) is 26.7 Å². The number of rotatable bonds is 7. The van der Waals surface area contributed by atoms with E-state index in [4.69, 9.17) is 15.1 Å². The Balaban J connectivity index is 2.81. The molecule has 1 aromatic rings. The Hall–Kier alpha value is -2.62. The molecule has 0 aliphatic heterocycles. The molecule has 0 atom stereocenters. The first kappa shape index (κ1) is 16.4. The van der Waals surface area contributed by atoms with Crippen molar-refractivity contribution in [3.8, 4) is 11.8 Å². The quantitative estimate of drug-likeness (QED) is 0.469. The second kappa shape index (κ2) is 6.70. The molecule has 0 fully saturated rings. The van der Waals surface area contributed by atoms with Crippen molar-refractivity contribution in [1.29, 1.82) is 5.26 Å². The van der Waals surface area contributed by atoms with Gasteiger partial charge in [-0.1, -0.05) is 6.07 Å². The van der Waals surface area contributed by atoms with Gasteiger partial charge in [0.1, 0.15) is 5.75 Å². The van der Waals surface area contributed by atoms with Crippen LogP contribution in [0.15, 0.2) is 18.2 Å². The van der Waals surface area contributed by atoms with Gasteiger partial charge < -0.3 is 9.84 Å². The van der Waals surface area contributed by atoms with E-state index in [9.17, 15) is 14.9 Å².